The van der Waals surface area contributed by atoms with Gasteiger partial charge in [0, 0.05) is 15.3 Å². The topological polar surface area (TPSA) is 29.1 Å². The second-order valence-corrected chi connectivity index (χ2v) is 8.07. The van der Waals surface area contributed by atoms with Gasteiger partial charge in [-0.1, -0.05) is 42.1 Å². The molecule has 116 valence electrons. The van der Waals surface area contributed by atoms with Crippen molar-refractivity contribution in [3.8, 4) is 0 Å². The highest BCUT2D eigenvalue weighted by Crippen LogP contribution is 2.32. The highest BCUT2D eigenvalue weighted by atomic mass is 35.5. The van der Waals surface area contributed by atoms with E-state index < -0.39 is 0 Å². The molecule has 0 aromatic heterocycles. The lowest BCUT2D eigenvalue weighted by Gasteiger charge is -2.20. The van der Waals surface area contributed by atoms with E-state index >= 15 is 0 Å². The number of carbonyl (C=O) groups is 1. The molecule has 1 aromatic rings. The van der Waals surface area contributed by atoms with Gasteiger partial charge >= 0.3 is 0 Å². The van der Waals surface area contributed by atoms with Crippen LogP contribution in [-0.2, 0) is 4.79 Å². The molecule has 0 heterocycles. The fourth-order valence-corrected chi connectivity index (χ4v) is 4.58. The van der Waals surface area contributed by atoms with Crippen molar-refractivity contribution >= 4 is 40.9 Å². The first kappa shape index (κ1) is 17.0. The average Bonchev–Trinajstić information content (AvgIpc) is 2.91. The molecule has 2 rings (SSSR count). The van der Waals surface area contributed by atoms with E-state index in [1.165, 1.54) is 25.7 Å². The lowest BCUT2D eigenvalue weighted by atomic mass is 10.1. The van der Waals surface area contributed by atoms with E-state index in [0.717, 1.165) is 5.56 Å². The van der Waals surface area contributed by atoms with E-state index in [1.54, 1.807) is 23.9 Å². The molecular weight excluding hydrogens is 325 g/mol. The molecule has 1 aliphatic rings. The third-order valence-corrected chi connectivity index (χ3v) is 5.90. The predicted molar refractivity (Wildman–Crippen MR) is 92.3 cm³/mol. The van der Waals surface area contributed by atoms with Gasteiger partial charge in [0.2, 0.25) is 5.91 Å². The van der Waals surface area contributed by atoms with E-state index in [9.17, 15) is 4.79 Å². The molecule has 0 saturated heterocycles. The van der Waals surface area contributed by atoms with Crippen molar-refractivity contribution in [2.75, 3.05) is 0 Å². The van der Waals surface area contributed by atoms with Gasteiger partial charge in [-0.2, -0.15) is 0 Å². The van der Waals surface area contributed by atoms with Gasteiger partial charge in [0.05, 0.1) is 11.3 Å². The fourth-order valence-electron chi connectivity index (χ4n) is 2.64. The zero-order chi connectivity index (χ0) is 15.4. The van der Waals surface area contributed by atoms with E-state index in [2.05, 4.69) is 5.32 Å². The Bertz CT molecular complexity index is 503. The summed E-state index contributed by atoms with van der Waals surface area (Å²) in [6.07, 6.45) is 5.06. The van der Waals surface area contributed by atoms with Crippen LogP contribution in [0.3, 0.4) is 0 Å². The van der Waals surface area contributed by atoms with E-state index in [1.807, 2.05) is 19.9 Å². The summed E-state index contributed by atoms with van der Waals surface area (Å²) in [4.78, 5) is 12.3. The lowest BCUT2D eigenvalue weighted by molar-refractivity contribution is -0.120. The Balaban J connectivity index is 1.91. The van der Waals surface area contributed by atoms with Crippen LogP contribution in [0.2, 0.25) is 10.0 Å². The summed E-state index contributed by atoms with van der Waals surface area (Å²) in [6.45, 7) is 3.93. The fraction of sp³-hybridized carbons (Fsp3) is 0.562. The SMILES string of the molecule is C[C@H](NC(=O)[C@@H](C)SC1CCCC1)c1ccc(Cl)cc1Cl. The lowest BCUT2D eigenvalue weighted by Crippen LogP contribution is -2.34. The normalized spacial score (nSPS) is 18.5. The number of benzene rings is 1. The van der Waals surface area contributed by atoms with Crippen molar-refractivity contribution in [3.05, 3.63) is 33.8 Å². The first-order valence-electron chi connectivity index (χ1n) is 7.38. The third-order valence-electron chi connectivity index (χ3n) is 3.86. The third kappa shape index (κ3) is 4.80. The van der Waals surface area contributed by atoms with Gasteiger partial charge in [0.25, 0.3) is 0 Å². The molecule has 1 aromatic carbocycles. The molecule has 0 aliphatic heterocycles. The van der Waals surface area contributed by atoms with Gasteiger partial charge < -0.3 is 5.32 Å². The number of amides is 1. The van der Waals surface area contributed by atoms with Crippen LogP contribution in [0.4, 0.5) is 0 Å². The van der Waals surface area contributed by atoms with Gasteiger partial charge in [-0.15, -0.1) is 11.8 Å². The molecule has 1 amide bonds. The number of halogens is 2. The largest absolute Gasteiger partial charge is 0.349 e. The van der Waals surface area contributed by atoms with Crippen molar-refractivity contribution in [3.63, 3.8) is 0 Å². The second-order valence-electron chi connectivity index (χ2n) is 5.58. The Hall–Kier alpha value is -0.380. The molecule has 1 saturated carbocycles. The van der Waals surface area contributed by atoms with E-state index in [4.69, 9.17) is 23.2 Å². The summed E-state index contributed by atoms with van der Waals surface area (Å²) in [5, 5.41) is 4.85. The smallest absolute Gasteiger partial charge is 0.233 e. The monoisotopic (exact) mass is 345 g/mol. The van der Waals surface area contributed by atoms with Gasteiger partial charge in [0.1, 0.15) is 0 Å². The number of hydrogen-bond acceptors (Lipinski definition) is 2. The van der Waals surface area contributed by atoms with Crippen molar-refractivity contribution in [1.82, 2.24) is 5.32 Å². The Morgan fingerprint density at radius 1 is 1.29 bits per heavy atom. The quantitative estimate of drug-likeness (QED) is 0.790. The van der Waals surface area contributed by atoms with Gasteiger partial charge in [-0.05, 0) is 44.4 Å². The van der Waals surface area contributed by atoms with Crippen molar-refractivity contribution < 1.29 is 4.79 Å². The molecule has 2 atom stereocenters. The predicted octanol–water partition coefficient (Wildman–Crippen LogP) is 5.23. The molecule has 2 nitrogen and oxygen atoms in total. The van der Waals surface area contributed by atoms with Gasteiger partial charge in [-0.3, -0.25) is 4.79 Å². The summed E-state index contributed by atoms with van der Waals surface area (Å²) in [5.74, 6) is 0.0745. The van der Waals surface area contributed by atoms with Crippen molar-refractivity contribution in [1.29, 1.82) is 0 Å². The summed E-state index contributed by atoms with van der Waals surface area (Å²) < 4.78 is 0. The number of rotatable bonds is 5. The molecule has 0 radical (unpaired) electrons. The maximum Gasteiger partial charge on any atom is 0.233 e. The van der Waals surface area contributed by atoms with Crippen LogP contribution in [0.1, 0.15) is 51.1 Å². The second kappa shape index (κ2) is 7.75. The maximum absolute atomic E-state index is 12.3. The van der Waals surface area contributed by atoms with Crippen LogP contribution in [0.25, 0.3) is 0 Å². The summed E-state index contributed by atoms with van der Waals surface area (Å²) in [5.41, 5.74) is 0.896. The summed E-state index contributed by atoms with van der Waals surface area (Å²) in [7, 11) is 0. The standard InChI is InChI=1S/C16H21Cl2NOS/c1-10(14-8-7-12(17)9-15(14)18)19-16(20)11(2)21-13-5-3-4-6-13/h7-11,13H,3-6H2,1-2H3,(H,19,20)/t10-,11+/m0/s1. The summed E-state index contributed by atoms with van der Waals surface area (Å²) in [6, 6.07) is 5.25. The number of nitrogens with one attached hydrogen (secondary N) is 1. The Kier molecular flexibility index (Phi) is 6.27. The molecular formula is C16H21Cl2NOS. The van der Waals surface area contributed by atoms with E-state index in [-0.39, 0.29) is 17.2 Å². The Morgan fingerprint density at radius 3 is 2.57 bits per heavy atom. The molecule has 1 fully saturated rings. The first-order valence-corrected chi connectivity index (χ1v) is 9.08. The van der Waals surface area contributed by atoms with Crippen LogP contribution < -0.4 is 5.32 Å². The zero-order valence-corrected chi connectivity index (χ0v) is 14.7. The minimum Gasteiger partial charge on any atom is -0.349 e. The molecule has 0 spiro atoms. The van der Waals surface area contributed by atoms with Gasteiger partial charge in [-0.25, -0.2) is 0 Å². The number of hydrogen-bond donors (Lipinski definition) is 1. The minimum absolute atomic E-state index is 0.0263. The first-order chi connectivity index (χ1) is 9.97. The molecule has 1 N–H and O–H groups in total. The zero-order valence-electron chi connectivity index (χ0n) is 12.4. The van der Waals surface area contributed by atoms with E-state index in [0.29, 0.717) is 15.3 Å². The van der Waals surface area contributed by atoms with Crippen LogP contribution in [0.5, 0.6) is 0 Å². The number of thioether (sulfide) groups is 1. The van der Waals surface area contributed by atoms with Crippen LogP contribution >= 0.6 is 35.0 Å². The van der Waals surface area contributed by atoms with Gasteiger partial charge in [0.15, 0.2) is 0 Å². The van der Waals surface area contributed by atoms with Crippen LogP contribution in [0.15, 0.2) is 18.2 Å². The molecule has 0 unspecified atom stereocenters. The minimum atomic E-state index is -0.117. The maximum atomic E-state index is 12.3. The highest BCUT2D eigenvalue weighted by molar-refractivity contribution is 8.01. The molecule has 0 bridgehead atoms. The molecule has 1 aliphatic carbocycles. The number of carbonyl (C=O) groups excluding carboxylic acids is 1. The molecule has 5 heteroatoms. The highest BCUT2D eigenvalue weighted by Gasteiger charge is 2.23. The molecule has 21 heavy (non-hydrogen) atoms. The van der Waals surface area contributed by atoms with Crippen LogP contribution in [-0.4, -0.2) is 16.4 Å². The van der Waals surface area contributed by atoms with Crippen molar-refractivity contribution in [2.24, 2.45) is 0 Å². The van der Waals surface area contributed by atoms with Crippen LogP contribution in [0, 0.1) is 0 Å². The average molecular weight is 346 g/mol. The summed E-state index contributed by atoms with van der Waals surface area (Å²) >= 11 is 13.9. The Morgan fingerprint density at radius 2 is 1.95 bits per heavy atom. The Labute approximate surface area is 141 Å². The van der Waals surface area contributed by atoms with Crippen molar-refractivity contribution in [2.45, 2.75) is 56.1 Å².